The van der Waals surface area contributed by atoms with Crippen molar-refractivity contribution >= 4 is 53.4 Å². The molecule has 0 unspecified atom stereocenters. The topological polar surface area (TPSA) is 278 Å². The number of nitrogens with zero attached hydrogens (tertiary/aromatic N) is 1. The molecule has 0 saturated carbocycles. The summed E-state index contributed by atoms with van der Waals surface area (Å²) in [4.78, 5) is 114. The highest BCUT2D eigenvalue weighted by atomic mass is 16.4. The number of rotatable bonds is 20. The number of carboxylic acid groups (broad SMARTS) is 3. The van der Waals surface area contributed by atoms with Gasteiger partial charge in [0.1, 0.15) is 36.3 Å². The third kappa shape index (κ3) is 13.6. The second-order valence-electron chi connectivity index (χ2n) is 13.3. The Morgan fingerprint density at radius 1 is 0.700 bits per heavy atom. The largest absolute Gasteiger partial charge is 0.481 e. The van der Waals surface area contributed by atoms with Gasteiger partial charge >= 0.3 is 17.9 Å². The summed E-state index contributed by atoms with van der Waals surface area (Å²) >= 11 is 0. The number of carboxylic acids is 3. The Labute approximate surface area is 290 Å². The van der Waals surface area contributed by atoms with Crippen LogP contribution in [0.3, 0.4) is 0 Å². The number of likely N-dealkylation sites (tertiary alicyclic amines) is 1. The van der Waals surface area contributed by atoms with Gasteiger partial charge in [-0.25, -0.2) is 4.79 Å². The van der Waals surface area contributed by atoms with Gasteiger partial charge in [0.25, 0.3) is 0 Å². The van der Waals surface area contributed by atoms with E-state index in [1.165, 1.54) is 4.90 Å². The van der Waals surface area contributed by atoms with E-state index in [-0.39, 0.29) is 25.3 Å². The van der Waals surface area contributed by atoms with Crippen molar-refractivity contribution in [2.24, 2.45) is 17.8 Å². The van der Waals surface area contributed by atoms with Crippen LogP contribution < -0.4 is 26.6 Å². The fourth-order valence-corrected chi connectivity index (χ4v) is 5.44. The van der Waals surface area contributed by atoms with Gasteiger partial charge in [0, 0.05) is 13.5 Å². The van der Waals surface area contributed by atoms with Crippen LogP contribution in [0.1, 0.15) is 87.0 Å². The predicted molar refractivity (Wildman–Crippen MR) is 176 cm³/mol. The molecule has 1 fully saturated rings. The lowest BCUT2D eigenvalue weighted by atomic mass is 9.95. The van der Waals surface area contributed by atoms with E-state index in [4.69, 9.17) is 5.11 Å². The maximum Gasteiger partial charge on any atom is 0.326 e. The summed E-state index contributed by atoms with van der Waals surface area (Å²) in [5.41, 5.74) is 0. The Morgan fingerprint density at radius 3 is 1.68 bits per heavy atom. The van der Waals surface area contributed by atoms with E-state index in [1.54, 1.807) is 27.7 Å². The van der Waals surface area contributed by atoms with Gasteiger partial charge in [0.15, 0.2) is 0 Å². The average molecular weight is 713 g/mol. The molecule has 7 atom stereocenters. The minimum atomic E-state index is -1.78. The van der Waals surface area contributed by atoms with Gasteiger partial charge in [-0.15, -0.1) is 0 Å². The third-order valence-electron chi connectivity index (χ3n) is 8.27. The molecule has 6 amide bonds. The average Bonchev–Trinajstić information content (AvgIpc) is 3.49. The number of hydrogen-bond acceptors (Lipinski definition) is 9. The van der Waals surface area contributed by atoms with Crippen LogP contribution in [0.5, 0.6) is 0 Å². The molecule has 1 saturated heterocycles. The van der Waals surface area contributed by atoms with Crippen LogP contribution in [0, 0.1) is 17.8 Å². The first-order chi connectivity index (χ1) is 23.2. The minimum absolute atomic E-state index is 0.0227. The standard InChI is InChI=1S/C32H52N6O12/c1-8-17(6)26(37-28(45)20(14-24(42)43)34-27(44)19(13-23(40)41)33-18(7)39)30(47)36-25(16(4)5)31(48)38-11-9-10-22(38)29(46)35-21(32(49)50)12-15(2)3/h15-17,19-22,25-26H,8-14H2,1-7H3,(H,33,39)(H,34,44)(H,35,46)(H,36,47)(H,37,45)(H,40,41)(H,42,43)(H,49,50)/t17-,19-,20-,21-,22-,25-,26-/m0/s1. The van der Waals surface area contributed by atoms with Gasteiger partial charge in [-0.3, -0.25) is 38.4 Å². The Bertz CT molecular complexity index is 1270. The van der Waals surface area contributed by atoms with E-state index in [1.807, 2.05) is 13.8 Å². The van der Waals surface area contributed by atoms with E-state index in [0.717, 1.165) is 6.92 Å². The molecule has 0 aliphatic carbocycles. The molecule has 1 aliphatic rings. The first kappa shape index (κ1) is 43.3. The van der Waals surface area contributed by atoms with Gasteiger partial charge in [-0.05, 0) is 37.0 Å². The number of carbonyl (C=O) groups is 9. The molecular formula is C32H52N6O12. The lowest BCUT2D eigenvalue weighted by molar-refractivity contribution is -0.146. The Balaban J connectivity index is 3.24. The van der Waals surface area contributed by atoms with Gasteiger partial charge < -0.3 is 46.8 Å². The molecule has 282 valence electrons. The Hall–Kier alpha value is -4.77. The molecule has 18 nitrogen and oxygen atoms in total. The zero-order valence-electron chi connectivity index (χ0n) is 29.6. The summed E-state index contributed by atoms with van der Waals surface area (Å²) in [6, 6.07) is -8.02. The summed E-state index contributed by atoms with van der Waals surface area (Å²) in [7, 11) is 0. The molecule has 1 aliphatic heterocycles. The molecule has 0 radical (unpaired) electrons. The van der Waals surface area contributed by atoms with Crippen LogP contribution in [0.4, 0.5) is 0 Å². The minimum Gasteiger partial charge on any atom is -0.481 e. The summed E-state index contributed by atoms with van der Waals surface area (Å²) in [6.07, 6.45) is -0.536. The quantitative estimate of drug-likeness (QED) is 0.0771. The SMILES string of the molecule is CC[C@H](C)[C@H](NC(=O)[C@H](CC(=O)O)NC(=O)[C@H](CC(=O)O)NC(C)=O)C(=O)N[C@H](C(=O)N1CCC[C@H]1C(=O)N[C@@H](CC(C)C)C(=O)O)C(C)C. The smallest absolute Gasteiger partial charge is 0.326 e. The highest BCUT2D eigenvalue weighted by molar-refractivity contribution is 5.98. The molecule has 0 bridgehead atoms. The molecule has 1 heterocycles. The molecule has 8 N–H and O–H groups in total. The molecular weight excluding hydrogens is 660 g/mol. The summed E-state index contributed by atoms with van der Waals surface area (Å²) < 4.78 is 0. The number of carbonyl (C=O) groups excluding carboxylic acids is 6. The second-order valence-corrected chi connectivity index (χ2v) is 13.3. The van der Waals surface area contributed by atoms with Crippen LogP contribution in [0.2, 0.25) is 0 Å². The second kappa shape index (κ2) is 20.0. The van der Waals surface area contributed by atoms with Gasteiger partial charge in [0.2, 0.25) is 35.4 Å². The highest BCUT2D eigenvalue weighted by Crippen LogP contribution is 2.22. The zero-order chi connectivity index (χ0) is 38.5. The molecule has 18 heteroatoms. The van der Waals surface area contributed by atoms with E-state index < -0.39 is 114 Å². The van der Waals surface area contributed by atoms with E-state index in [2.05, 4.69) is 26.6 Å². The van der Waals surface area contributed by atoms with Gasteiger partial charge in [-0.1, -0.05) is 48.0 Å². The van der Waals surface area contributed by atoms with E-state index >= 15 is 0 Å². The Kier molecular flexibility index (Phi) is 17.3. The predicted octanol–water partition coefficient (Wildman–Crippen LogP) is -0.796. The molecule has 1 rings (SSSR count). The monoisotopic (exact) mass is 712 g/mol. The first-order valence-corrected chi connectivity index (χ1v) is 16.6. The highest BCUT2D eigenvalue weighted by Gasteiger charge is 2.41. The van der Waals surface area contributed by atoms with Crippen molar-refractivity contribution in [1.82, 2.24) is 31.5 Å². The summed E-state index contributed by atoms with van der Waals surface area (Å²) in [6.45, 7) is 11.5. The number of aliphatic carboxylic acids is 3. The summed E-state index contributed by atoms with van der Waals surface area (Å²) in [5, 5.41) is 40.0. The van der Waals surface area contributed by atoms with Crippen molar-refractivity contribution in [3.05, 3.63) is 0 Å². The zero-order valence-corrected chi connectivity index (χ0v) is 29.6. The van der Waals surface area contributed by atoms with Crippen molar-refractivity contribution in [3.63, 3.8) is 0 Å². The van der Waals surface area contributed by atoms with Gasteiger partial charge in [-0.2, -0.15) is 0 Å². The van der Waals surface area contributed by atoms with Crippen molar-refractivity contribution < 1.29 is 58.5 Å². The number of nitrogens with one attached hydrogen (secondary N) is 5. The lowest BCUT2D eigenvalue weighted by Crippen LogP contribution is -2.61. The molecule has 50 heavy (non-hydrogen) atoms. The first-order valence-electron chi connectivity index (χ1n) is 16.6. The van der Waals surface area contributed by atoms with Crippen molar-refractivity contribution in [2.75, 3.05) is 6.54 Å². The van der Waals surface area contributed by atoms with Crippen molar-refractivity contribution in [2.45, 2.75) is 123 Å². The molecule has 0 aromatic carbocycles. The molecule has 0 aromatic heterocycles. The molecule has 0 aromatic rings. The fourth-order valence-electron chi connectivity index (χ4n) is 5.44. The van der Waals surface area contributed by atoms with Crippen LogP contribution in [-0.2, 0) is 43.2 Å². The number of amides is 6. The van der Waals surface area contributed by atoms with Gasteiger partial charge in [0.05, 0.1) is 12.8 Å². The van der Waals surface area contributed by atoms with Crippen LogP contribution >= 0.6 is 0 Å². The third-order valence-corrected chi connectivity index (χ3v) is 8.27. The number of hydrogen-bond donors (Lipinski definition) is 8. The van der Waals surface area contributed by atoms with Crippen LogP contribution in [-0.4, -0.2) is 116 Å². The van der Waals surface area contributed by atoms with E-state index in [9.17, 15) is 53.4 Å². The van der Waals surface area contributed by atoms with Crippen molar-refractivity contribution in [1.29, 1.82) is 0 Å². The molecule has 0 spiro atoms. The van der Waals surface area contributed by atoms with Crippen LogP contribution in [0.15, 0.2) is 0 Å². The summed E-state index contributed by atoms with van der Waals surface area (Å²) in [5.74, 6) is -10.2. The van der Waals surface area contributed by atoms with Crippen LogP contribution in [0.25, 0.3) is 0 Å². The lowest BCUT2D eigenvalue weighted by Gasteiger charge is -2.33. The van der Waals surface area contributed by atoms with Crippen molar-refractivity contribution in [3.8, 4) is 0 Å². The van der Waals surface area contributed by atoms with E-state index in [0.29, 0.717) is 12.8 Å². The maximum atomic E-state index is 13.8. The maximum absolute atomic E-state index is 13.8. The normalized spacial score (nSPS) is 17.8. The fraction of sp³-hybridized carbons (Fsp3) is 0.719. The Morgan fingerprint density at radius 2 is 1.22 bits per heavy atom.